The van der Waals surface area contributed by atoms with E-state index < -0.39 is 17.6 Å². The number of carbonyl (C=O) groups is 2. The second-order valence-corrected chi connectivity index (χ2v) is 6.24. The van der Waals surface area contributed by atoms with Crippen molar-refractivity contribution >= 4 is 29.1 Å². The van der Waals surface area contributed by atoms with Crippen LogP contribution in [-0.4, -0.2) is 24.9 Å². The van der Waals surface area contributed by atoms with E-state index in [4.69, 9.17) is 11.6 Å². The number of carbonyl (C=O) groups excluding carboxylic acids is 2. The van der Waals surface area contributed by atoms with Gasteiger partial charge in [-0.05, 0) is 42.8 Å². The summed E-state index contributed by atoms with van der Waals surface area (Å²) in [5.41, 5.74) is 2.28. The summed E-state index contributed by atoms with van der Waals surface area (Å²) in [7, 11) is 1.81. The van der Waals surface area contributed by atoms with E-state index in [0.29, 0.717) is 0 Å². The lowest BCUT2D eigenvalue weighted by Gasteiger charge is -2.21. The minimum absolute atomic E-state index is 0.00197. The summed E-state index contributed by atoms with van der Waals surface area (Å²) < 4.78 is 13.4. The summed E-state index contributed by atoms with van der Waals surface area (Å²) in [6, 6.07) is 11.3. The van der Waals surface area contributed by atoms with Gasteiger partial charge in [0.1, 0.15) is 5.82 Å². The first kappa shape index (κ1) is 17.4. The van der Waals surface area contributed by atoms with Gasteiger partial charge in [-0.2, -0.15) is 0 Å². The van der Waals surface area contributed by atoms with Gasteiger partial charge in [0.2, 0.25) is 0 Å². The van der Waals surface area contributed by atoms with Crippen LogP contribution in [0.2, 0.25) is 5.02 Å². The Morgan fingerprint density at radius 3 is 2.64 bits per heavy atom. The minimum Gasteiger partial charge on any atom is -0.339 e. The van der Waals surface area contributed by atoms with Crippen LogP contribution >= 0.6 is 11.6 Å². The number of anilines is 1. The first-order valence-corrected chi connectivity index (χ1v) is 8.19. The number of fused-ring (bicyclic) bond motifs is 1. The van der Waals surface area contributed by atoms with Crippen molar-refractivity contribution in [1.82, 2.24) is 10.6 Å². The van der Waals surface area contributed by atoms with E-state index in [-0.39, 0.29) is 22.8 Å². The third-order valence-electron chi connectivity index (χ3n) is 4.27. The fourth-order valence-corrected chi connectivity index (χ4v) is 3.13. The van der Waals surface area contributed by atoms with Crippen LogP contribution in [0, 0.1) is 5.82 Å². The maximum absolute atomic E-state index is 13.4. The van der Waals surface area contributed by atoms with Gasteiger partial charge in [0.05, 0.1) is 11.1 Å². The molecule has 2 amide bonds. The monoisotopic (exact) mass is 361 g/mol. The molecule has 0 heterocycles. The van der Waals surface area contributed by atoms with Gasteiger partial charge in [0.25, 0.3) is 0 Å². The summed E-state index contributed by atoms with van der Waals surface area (Å²) in [6.45, 7) is 0. The predicted molar refractivity (Wildman–Crippen MR) is 93.9 cm³/mol. The minimum atomic E-state index is -0.860. The Labute approximate surface area is 149 Å². The SMILES string of the molecule is CNC1Cc2ccccc2C1NC(=O)C(=O)Nc1ccc(Cl)c(F)c1. The first-order valence-electron chi connectivity index (χ1n) is 7.81. The number of amides is 2. The van der Waals surface area contributed by atoms with Crippen molar-refractivity contribution in [2.75, 3.05) is 12.4 Å². The van der Waals surface area contributed by atoms with E-state index >= 15 is 0 Å². The Kier molecular flexibility index (Phi) is 5.01. The van der Waals surface area contributed by atoms with Crippen molar-refractivity contribution in [3.8, 4) is 0 Å². The van der Waals surface area contributed by atoms with E-state index in [9.17, 15) is 14.0 Å². The molecule has 0 radical (unpaired) electrons. The summed E-state index contributed by atoms with van der Waals surface area (Å²) in [6.07, 6.45) is 0.766. The third-order valence-corrected chi connectivity index (χ3v) is 4.58. The average molecular weight is 362 g/mol. The fraction of sp³-hybridized carbons (Fsp3) is 0.222. The number of halogens is 2. The van der Waals surface area contributed by atoms with Gasteiger partial charge in [-0.25, -0.2) is 4.39 Å². The molecule has 1 aliphatic carbocycles. The second kappa shape index (κ2) is 7.21. The molecule has 2 unspecified atom stereocenters. The van der Waals surface area contributed by atoms with Gasteiger partial charge < -0.3 is 16.0 Å². The molecule has 0 spiro atoms. The maximum atomic E-state index is 13.4. The fourth-order valence-electron chi connectivity index (χ4n) is 3.01. The lowest BCUT2D eigenvalue weighted by Crippen LogP contribution is -2.44. The summed E-state index contributed by atoms with van der Waals surface area (Å²) in [4.78, 5) is 24.4. The van der Waals surface area contributed by atoms with Crippen molar-refractivity contribution in [1.29, 1.82) is 0 Å². The Balaban J connectivity index is 1.70. The maximum Gasteiger partial charge on any atom is 0.313 e. The van der Waals surface area contributed by atoms with Crippen LogP contribution in [0.25, 0.3) is 0 Å². The molecule has 0 saturated carbocycles. The first-order chi connectivity index (χ1) is 12.0. The standard InChI is InChI=1S/C18H17ClFN3O2/c1-21-15-8-10-4-2-3-5-12(10)16(15)23-18(25)17(24)22-11-6-7-13(19)14(20)9-11/h2-7,9,15-16,21H,8H2,1H3,(H,22,24)(H,23,25). The van der Waals surface area contributed by atoms with Gasteiger partial charge in [-0.15, -0.1) is 0 Å². The molecule has 25 heavy (non-hydrogen) atoms. The Hall–Kier alpha value is -2.44. The van der Waals surface area contributed by atoms with Crippen molar-refractivity contribution < 1.29 is 14.0 Å². The lowest BCUT2D eigenvalue weighted by atomic mass is 10.1. The predicted octanol–water partition coefficient (Wildman–Crippen LogP) is 2.42. The molecule has 3 rings (SSSR count). The molecular formula is C18H17ClFN3O2. The van der Waals surface area contributed by atoms with Crippen molar-refractivity contribution in [3.63, 3.8) is 0 Å². The number of nitrogens with one attached hydrogen (secondary N) is 3. The molecule has 5 nitrogen and oxygen atoms in total. The third kappa shape index (κ3) is 3.65. The zero-order valence-electron chi connectivity index (χ0n) is 13.5. The molecular weight excluding hydrogens is 345 g/mol. The number of hydrogen-bond acceptors (Lipinski definition) is 3. The van der Waals surface area contributed by atoms with E-state index in [2.05, 4.69) is 16.0 Å². The normalized spacial score (nSPS) is 18.5. The second-order valence-electron chi connectivity index (χ2n) is 5.83. The number of likely N-dealkylation sites (N-methyl/N-ethyl adjacent to an activating group) is 1. The van der Waals surface area contributed by atoms with Crippen LogP contribution in [0.15, 0.2) is 42.5 Å². The zero-order valence-corrected chi connectivity index (χ0v) is 14.2. The highest BCUT2D eigenvalue weighted by Crippen LogP contribution is 2.31. The zero-order chi connectivity index (χ0) is 18.0. The molecule has 1 aliphatic rings. The topological polar surface area (TPSA) is 70.2 Å². The summed E-state index contributed by atoms with van der Waals surface area (Å²) in [5, 5.41) is 8.22. The van der Waals surface area contributed by atoms with Crippen LogP contribution in [0.5, 0.6) is 0 Å². The van der Waals surface area contributed by atoms with E-state index in [1.165, 1.54) is 12.1 Å². The van der Waals surface area contributed by atoms with Crippen LogP contribution < -0.4 is 16.0 Å². The van der Waals surface area contributed by atoms with Crippen LogP contribution in [-0.2, 0) is 16.0 Å². The molecule has 2 aromatic carbocycles. The largest absolute Gasteiger partial charge is 0.339 e. The summed E-state index contributed by atoms with van der Waals surface area (Å²) >= 11 is 5.60. The Morgan fingerprint density at radius 1 is 1.16 bits per heavy atom. The van der Waals surface area contributed by atoms with Crippen molar-refractivity contribution in [2.24, 2.45) is 0 Å². The van der Waals surface area contributed by atoms with Gasteiger partial charge in [-0.3, -0.25) is 9.59 Å². The molecule has 0 aliphatic heterocycles. The average Bonchev–Trinajstić information content (AvgIpc) is 2.96. The highest BCUT2D eigenvalue weighted by atomic mass is 35.5. The highest BCUT2D eigenvalue weighted by molar-refractivity contribution is 6.39. The summed E-state index contributed by atoms with van der Waals surface area (Å²) in [5.74, 6) is -2.31. The van der Waals surface area contributed by atoms with Gasteiger partial charge in [0, 0.05) is 11.7 Å². The molecule has 0 aromatic heterocycles. The smallest absolute Gasteiger partial charge is 0.313 e. The molecule has 2 aromatic rings. The quantitative estimate of drug-likeness (QED) is 0.735. The molecule has 2 atom stereocenters. The molecule has 0 saturated heterocycles. The lowest BCUT2D eigenvalue weighted by molar-refractivity contribution is -0.136. The van der Waals surface area contributed by atoms with Crippen molar-refractivity contribution in [2.45, 2.75) is 18.5 Å². The van der Waals surface area contributed by atoms with Gasteiger partial charge >= 0.3 is 11.8 Å². The van der Waals surface area contributed by atoms with E-state index in [0.717, 1.165) is 23.6 Å². The van der Waals surface area contributed by atoms with Crippen molar-refractivity contribution in [3.05, 3.63) is 64.4 Å². The van der Waals surface area contributed by atoms with Crippen LogP contribution in [0.1, 0.15) is 17.2 Å². The highest BCUT2D eigenvalue weighted by Gasteiger charge is 2.33. The molecule has 130 valence electrons. The Morgan fingerprint density at radius 2 is 1.92 bits per heavy atom. The number of rotatable bonds is 3. The van der Waals surface area contributed by atoms with Gasteiger partial charge in [0.15, 0.2) is 0 Å². The van der Waals surface area contributed by atoms with Crippen LogP contribution in [0.4, 0.5) is 10.1 Å². The molecule has 0 bridgehead atoms. The Bertz CT molecular complexity index is 828. The number of benzene rings is 2. The molecule has 0 fully saturated rings. The van der Waals surface area contributed by atoms with E-state index in [1.54, 1.807) is 0 Å². The van der Waals surface area contributed by atoms with Crippen LogP contribution in [0.3, 0.4) is 0 Å². The molecule has 7 heteroatoms. The molecule has 3 N–H and O–H groups in total. The van der Waals surface area contributed by atoms with Gasteiger partial charge in [-0.1, -0.05) is 35.9 Å². The van der Waals surface area contributed by atoms with E-state index in [1.807, 2.05) is 31.3 Å². The number of hydrogen-bond donors (Lipinski definition) is 3.